The van der Waals surface area contributed by atoms with Crippen LogP contribution < -0.4 is 9.88 Å². The molecule has 42 heavy (non-hydrogen) atoms. The fourth-order valence-electron chi connectivity index (χ4n) is 5.26. The number of hydrogen-bond acceptors (Lipinski definition) is 8. The zero-order valence-electron chi connectivity index (χ0n) is 25.9. The van der Waals surface area contributed by atoms with Crippen molar-refractivity contribution in [2.24, 2.45) is 0 Å². The minimum Gasteiger partial charge on any atom is -0.447 e. The summed E-state index contributed by atoms with van der Waals surface area (Å²) in [7, 11) is -4.46. The molecule has 0 bridgehead atoms. The maximum absolute atomic E-state index is 12.6. The summed E-state index contributed by atoms with van der Waals surface area (Å²) in [5.74, 6) is -0.201. The number of ketones is 1. The molecular formula is C30H54N2O8PS+. The molecule has 5 unspecified atom stereocenters. The molecule has 10 nitrogen and oxygen atoms in total. The summed E-state index contributed by atoms with van der Waals surface area (Å²) in [6.45, 7) is 5.14. The van der Waals surface area contributed by atoms with Gasteiger partial charge in [0.2, 0.25) is 17.3 Å². The van der Waals surface area contributed by atoms with Crippen LogP contribution in [0.2, 0.25) is 0 Å². The van der Waals surface area contributed by atoms with Gasteiger partial charge in [0, 0.05) is 6.04 Å². The highest BCUT2D eigenvalue weighted by Crippen LogP contribution is 2.46. The molecule has 242 valence electrons. The molecule has 0 radical (unpaired) electrons. The summed E-state index contributed by atoms with van der Waals surface area (Å²) < 4.78 is 35.3. The minimum absolute atomic E-state index is 0.0498. The topological polar surface area (TPSA) is 124 Å². The Hall–Kier alpha value is -1.36. The average Bonchev–Trinajstić information content (AvgIpc) is 3.60. The second kappa shape index (κ2) is 21.4. The smallest absolute Gasteiger partial charge is 0.447 e. The maximum atomic E-state index is 12.6. The van der Waals surface area contributed by atoms with Crippen molar-refractivity contribution in [2.45, 2.75) is 141 Å². The van der Waals surface area contributed by atoms with Crippen LogP contribution in [0.25, 0.3) is 0 Å². The molecular weight excluding hydrogens is 579 g/mol. The molecule has 2 heterocycles. The highest BCUT2D eigenvalue weighted by Gasteiger charge is 2.50. The van der Waals surface area contributed by atoms with Crippen molar-refractivity contribution in [1.82, 2.24) is 5.32 Å². The van der Waals surface area contributed by atoms with Crippen LogP contribution in [-0.2, 0) is 27.9 Å². The Balaban J connectivity index is 1.66. The Morgan fingerprint density at radius 3 is 2.21 bits per heavy atom. The zero-order valence-corrected chi connectivity index (χ0v) is 27.6. The standard InChI is InChI=1S/C30H53N2O8PS/c1-4-6-7-8-9-10-11-12-13-14-15-16-17-18-19-25(3)31-30(34)38-23-27(40-41(35,36)39-5-2)29-28(26(33)22-37-29)32-20-21-42-24-32/h20-21,24-25,27-29H,4-19,22-23H2,1-3H3,(H-,31,34,35,36)/p+1. The SMILES string of the molecule is CCCCCCCCCCCCCCCCC(C)NC(=O)OCC(OP(=O)(O)OCC)C1OCC(=O)C1[n+]1ccsc1. The van der Waals surface area contributed by atoms with Gasteiger partial charge in [-0.05, 0) is 20.3 Å². The van der Waals surface area contributed by atoms with Gasteiger partial charge in [0.1, 0.15) is 19.3 Å². The number of aromatic nitrogens is 1. The Bertz CT molecular complexity index is 919. The second-order valence-electron chi connectivity index (χ2n) is 11.2. The van der Waals surface area contributed by atoms with E-state index in [1.807, 2.05) is 6.92 Å². The van der Waals surface area contributed by atoms with Gasteiger partial charge in [-0.15, -0.1) is 0 Å². The van der Waals surface area contributed by atoms with Crippen molar-refractivity contribution in [3.63, 3.8) is 0 Å². The number of carbonyl (C=O) groups is 2. The highest BCUT2D eigenvalue weighted by molar-refractivity contribution is 7.47. The molecule has 1 saturated heterocycles. The Morgan fingerprint density at radius 2 is 1.67 bits per heavy atom. The van der Waals surface area contributed by atoms with Gasteiger partial charge in [0.15, 0.2) is 12.3 Å². The van der Waals surface area contributed by atoms with Crippen LogP contribution in [0.3, 0.4) is 0 Å². The predicted octanol–water partition coefficient (Wildman–Crippen LogP) is 7.05. The molecule has 5 atom stereocenters. The van der Waals surface area contributed by atoms with Gasteiger partial charge in [0.25, 0.3) is 0 Å². The van der Waals surface area contributed by atoms with Gasteiger partial charge in [-0.25, -0.2) is 9.36 Å². The number of thiazole rings is 1. The molecule has 1 aliphatic heterocycles. The lowest BCUT2D eigenvalue weighted by Gasteiger charge is -2.25. The van der Waals surface area contributed by atoms with E-state index in [4.69, 9.17) is 18.5 Å². The molecule has 1 amide bonds. The third-order valence-corrected chi connectivity index (χ3v) is 9.30. The Labute approximate surface area is 256 Å². The Kier molecular flexibility index (Phi) is 18.7. The first-order valence-electron chi connectivity index (χ1n) is 15.9. The van der Waals surface area contributed by atoms with Crippen molar-refractivity contribution in [3.05, 3.63) is 17.1 Å². The van der Waals surface area contributed by atoms with Crippen molar-refractivity contribution < 1.29 is 42.1 Å². The normalized spacial score (nSPS) is 19.9. The number of amides is 1. The van der Waals surface area contributed by atoms with Gasteiger partial charge in [-0.3, -0.25) is 13.8 Å². The van der Waals surface area contributed by atoms with E-state index in [0.29, 0.717) is 0 Å². The third-order valence-electron chi connectivity index (χ3n) is 7.54. The first-order valence-corrected chi connectivity index (χ1v) is 18.4. The summed E-state index contributed by atoms with van der Waals surface area (Å²) in [5.41, 5.74) is 1.74. The predicted molar refractivity (Wildman–Crippen MR) is 163 cm³/mol. The molecule has 0 aliphatic carbocycles. The number of nitrogens with zero attached hydrogens (tertiary/aromatic N) is 1. The van der Waals surface area contributed by atoms with E-state index in [1.54, 1.807) is 28.6 Å². The van der Waals surface area contributed by atoms with E-state index in [9.17, 15) is 19.0 Å². The van der Waals surface area contributed by atoms with Gasteiger partial charge < -0.3 is 19.7 Å². The van der Waals surface area contributed by atoms with E-state index >= 15 is 0 Å². The van der Waals surface area contributed by atoms with Crippen LogP contribution in [0.1, 0.15) is 123 Å². The first kappa shape index (κ1) is 36.8. The van der Waals surface area contributed by atoms with E-state index in [1.165, 1.54) is 88.4 Å². The molecule has 0 aromatic carbocycles. The van der Waals surface area contributed by atoms with Crippen molar-refractivity contribution in [3.8, 4) is 0 Å². The highest BCUT2D eigenvalue weighted by atomic mass is 32.1. The summed E-state index contributed by atoms with van der Waals surface area (Å²) >= 11 is 1.40. The molecule has 1 aromatic heterocycles. The average molecular weight is 634 g/mol. The lowest BCUT2D eigenvalue weighted by Crippen LogP contribution is -2.51. The summed E-state index contributed by atoms with van der Waals surface area (Å²) in [6, 6.07) is -0.853. The molecule has 1 fully saturated rings. The lowest BCUT2D eigenvalue weighted by atomic mass is 10.0. The third kappa shape index (κ3) is 14.9. The van der Waals surface area contributed by atoms with E-state index in [-0.39, 0.29) is 31.6 Å². The summed E-state index contributed by atoms with van der Waals surface area (Å²) in [4.78, 5) is 35.2. The number of hydrogen-bond donors (Lipinski definition) is 2. The van der Waals surface area contributed by atoms with Gasteiger partial charge in [-0.2, -0.15) is 4.57 Å². The summed E-state index contributed by atoms with van der Waals surface area (Å²) in [5, 5.41) is 4.62. The minimum atomic E-state index is -4.46. The lowest BCUT2D eigenvalue weighted by molar-refractivity contribution is -0.709. The van der Waals surface area contributed by atoms with E-state index in [0.717, 1.165) is 19.3 Å². The van der Waals surface area contributed by atoms with Crippen LogP contribution in [0.15, 0.2) is 17.1 Å². The number of nitrogens with one attached hydrogen (secondary N) is 1. The van der Waals surface area contributed by atoms with Crippen LogP contribution in [-0.4, -0.2) is 54.8 Å². The first-order chi connectivity index (χ1) is 20.3. The van der Waals surface area contributed by atoms with Crippen molar-refractivity contribution in [2.75, 3.05) is 19.8 Å². The van der Waals surface area contributed by atoms with Gasteiger partial charge in [0.05, 0.1) is 12.0 Å². The number of rotatable bonds is 24. The van der Waals surface area contributed by atoms with E-state index < -0.39 is 32.2 Å². The van der Waals surface area contributed by atoms with Gasteiger partial charge in [-0.1, -0.05) is 108 Å². The van der Waals surface area contributed by atoms with E-state index in [2.05, 4.69) is 12.2 Å². The summed E-state index contributed by atoms with van der Waals surface area (Å²) in [6.07, 6.45) is 18.0. The second-order valence-corrected chi connectivity index (χ2v) is 13.4. The van der Waals surface area contributed by atoms with Crippen molar-refractivity contribution in [1.29, 1.82) is 0 Å². The fraction of sp³-hybridized carbons (Fsp3) is 0.833. The number of Topliss-reactive ketones (excluding diaryl/α,β-unsaturated/α-hetero) is 1. The molecule has 0 saturated carbocycles. The number of ether oxygens (including phenoxy) is 2. The van der Waals surface area contributed by atoms with Crippen molar-refractivity contribution >= 4 is 31.0 Å². The zero-order chi connectivity index (χ0) is 30.6. The largest absolute Gasteiger partial charge is 0.472 e. The molecule has 1 aliphatic rings. The fourth-order valence-corrected chi connectivity index (χ4v) is 6.79. The molecule has 2 N–H and O–H groups in total. The maximum Gasteiger partial charge on any atom is 0.472 e. The molecule has 1 aromatic rings. The number of alkyl carbamates (subject to hydrolysis) is 1. The van der Waals surface area contributed by atoms with Crippen LogP contribution in [0.5, 0.6) is 0 Å². The number of phosphoric acid groups is 1. The Morgan fingerprint density at radius 1 is 1.07 bits per heavy atom. The number of unbranched alkanes of at least 4 members (excludes halogenated alkanes) is 13. The molecule has 2 rings (SSSR count). The van der Waals surface area contributed by atoms with Crippen LogP contribution in [0.4, 0.5) is 4.79 Å². The monoisotopic (exact) mass is 633 g/mol. The number of phosphoric ester groups is 1. The number of carbonyl (C=O) groups excluding carboxylic acids is 2. The van der Waals surface area contributed by atoms with Crippen LogP contribution >= 0.6 is 19.2 Å². The van der Waals surface area contributed by atoms with Crippen LogP contribution in [0, 0.1) is 0 Å². The molecule has 0 spiro atoms. The quantitative estimate of drug-likeness (QED) is 0.0705. The van der Waals surface area contributed by atoms with Gasteiger partial charge >= 0.3 is 13.9 Å². The molecule has 12 heteroatoms.